The van der Waals surface area contributed by atoms with E-state index in [1.54, 1.807) is 6.20 Å². The molecule has 0 aromatic carbocycles. The first-order valence-electron chi connectivity index (χ1n) is 3.57. The molecule has 2 rings (SSSR count). The van der Waals surface area contributed by atoms with Crippen molar-refractivity contribution in [2.24, 2.45) is 0 Å². The molecule has 0 bridgehead atoms. The van der Waals surface area contributed by atoms with Crippen molar-refractivity contribution in [1.29, 1.82) is 0 Å². The van der Waals surface area contributed by atoms with Crippen molar-refractivity contribution in [3.8, 4) is 11.1 Å². The van der Waals surface area contributed by atoms with Gasteiger partial charge in [0, 0.05) is 23.5 Å². The summed E-state index contributed by atoms with van der Waals surface area (Å²) < 4.78 is 13.1. The molecule has 0 aliphatic carbocycles. The summed E-state index contributed by atoms with van der Waals surface area (Å²) in [6.45, 7) is 0. The van der Waals surface area contributed by atoms with Crippen LogP contribution in [0.5, 0.6) is 0 Å². The van der Waals surface area contributed by atoms with Crippen molar-refractivity contribution in [3.05, 3.63) is 35.6 Å². The molecular weight excluding hydrogens is 193 g/mol. The molecule has 2 aromatic rings. The Morgan fingerprint density at radius 1 is 1.38 bits per heavy atom. The Morgan fingerprint density at radius 2 is 2.23 bits per heavy atom. The maximum absolute atomic E-state index is 13.1. The summed E-state index contributed by atoms with van der Waals surface area (Å²) in [5, 5.41) is 6.69. The Morgan fingerprint density at radius 3 is 2.92 bits per heavy atom. The van der Waals surface area contributed by atoms with Crippen LogP contribution in [0.4, 0.5) is 4.39 Å². The highest BCUT2D eigenvalue weighted by Crippen LogP contribution is 2.22. The third kappa shape index (κ3) is 1.53. The van der Waals surface area contributed by atoms with E-state index < -0.39 is 5.95 Å². The predicted octanol–water partition coefficient (Wildman–Crippen LogP) is 2.26. The van der Waals surface area contributed by atoms with Crippen LogP contribution in [0.2, 0.25) is 5.02 Å². The van der Waals surface area contributed by atoms with E-state index in [2.05, 4.69) is 15.2 Å². The Hall–Kier alpha value is -1.42. The van der Waals surface area contributed by atoms with E-state index in [0.29, 0.717) is 16.1 Å². The average Bonchev–Trinajstić information content (AvgIpc) is 2.61. The molecule has 0 radical (unpaired) electrons. The van der Waals surface area contributed by atoms with Crippen LogP contribution in [0.15, 0.2) is 24.7 Å². The van der Waals surface area contributed by atoms with Gasteiger partial charge in [-0.25, -0.2) is 4.98 Å². The molecule has 5 heteroatoms. The fourth-order valence-corrected chi connectivity index (χ4v) is 1.18. The third-order valence-corrected chi connectivity index (χ3v) is 1.82. The van der Waals surface area contributed by atoms with E-state index in [4.69, 9.17) is 11.6 Å². The number of nitrogens with one attached hydrogen (secondary N) is 1. The van der Waals surface area contributed by atoms with Crippen LogP contribution in [0.25, 0.3) is 11.1 Å². The van der Waals surface area contributed by atoms with Crippen molar-refractivity contribution in [1.82, 2.24) is 15.2 Å². The van der Waals surface area contributed by atoms with Gasteiger partial charge >= 0.3 is 0 Å². The Balaban J connectivity index is 2.57. The van der Waals surface area contributed by atoms with Crippen LogP contribution in [0.1, 0.15) is 0 Å². The highest BCUT2D eigenvalue weighted by molar-refractivity contribution is 6.30. The van der Waals surface area contributed by atoms with E-state index in [-0.39, 0.29) is 0 Å². The molecule has 0 atom stereocenters. The normalized spacial score (nSPS) is 10.3. The molecule has 13 heavy (non-hydrogen) atoms. The number of nitrogens with zero attached hydrogens (tertiary/aromatic N) is 2. The smallest absolute Gasteiger partial charge is 0.220 e. The summed E-state index contributed by atoms with van der Waals surface area (Å²) >= 11 is 5.67. The minimum Gasteiger partial charge on any atom is -0.285 e. The molecule has 3 nitrogen and oxygen atoms in total. The van der Waals surface area contributed by atoms with Gasteiger partial charge in [-0.15, -0.1) is 0 Å². The molecule has 0 saturated heterocycles. The SMILES string of the molecule is Fc1ncc(Cl)cc1-c1cn[nH]c1. The van der Waals surface area contributed by atoms with E-state index >= 15 is 0 Å². The molecule has 66 valence electrons. The second-order valence-electron chi connectivity index (χ2n) is 2.48. The van der Waals surface area contributed by atoms with Gasteiger partial charge in [0.1, 0.15) is 0 Å². The summed E-state index contributed by atoms with van der Waals surface area (Å²) in [6.07, 6.45) is 4.35. The molecule has 0 fully saturated rings. The van der Waals surface area contributed by atoms with Gasteiger partial charge in [-0.1, -0.05) is 11.6 Å². The monoisotopic (exact) mass is 197 g/mol. The van der Waals surface area contributed by atoms with E-state index in [1.807, 2.05) is 0 Å². The fraction of sp³-hybridized carbons (Fsp3) is 0. The van der Waals surface area contributed by atoms with Crippen LogP contribution >= 0.6 is 11.6 Å². The minimum atomic E-state index is -0.550. The van der Waals surface area contributed by atoms with Gasteiger partial charge in [-0.05, 0) is 6.07 Å². The lowest BCUT2D eigenvalue weighted by Gasteiger charge is -1.98. The topological polar surface area (TPSA) is 41.6 Å². The van der Waals surface area contributed by atoms with Gasteiger partial charge in [0.05, 0.1) is 11.2 Å². The molecule has 1 N–H and O–H groups in total. The predicted molar refractivity (Wildman–Crippen MR) is 46.8 cm³/mol. The lowest BCUT2D eigenvalue weighted by atomic mass is 10.2. The number of pyridine rings is 1. The maximum atomic E-state index is 13.1. The first-order valence-corrected chi connectivity index (χ1v) is 3.95. The maximum Gasteiger partial charge on any atom is 0.220 e. The number of H-pyrrole nitrogens is 1. The summed E-state index contributed by atoms with van der Waals surface area (Å²) in [7, 11) is 0. The van der Waals surface area contributed by atoms with Gasteiger partial charge in [0.2, 0.25) is 5.95 Å². The standard InChI is InChI=1S/C8H5ClFN3/c9-6-1-7(8(10)11-4-6)5-2-12-13-3-5/h1-4H,(H,12,13). The van der Waals surface area contributed by atoms with E-state index in [0.717, 1.165) is 0 Å². The Bertz CT molecular complexity index is 413. The van der Waals surface area contributed by atoms with Crippen molar-refractivity contribution in [2.45, 2.75) is 0 Å². The minimum absolute atomic E-state index is 0.348. The van der Waals surface area contributed by atoms with Crippen LogP contribution in [0, 0.1) is 5.95 Å². The van der Waals surface area contributed by atoms with Crippen molar-refractivity contribution < 1.29 is 4.39 Å². The highest BCUT2D eigenvalue weighted by Gasteiger charge is 2.07. The number of aromatic nitrogens is 3. The molecule has 0 spiro atoms. The van der Waals surface area contributed by atoms with Crippen molar-refractivity contribution in [2.75, 3.05) is 0 Å². The third-order valence-electron chi connectivity index (χ3n) is 1.61. The molecule has 0 aliphatic heterocycles. The van der Waals surface area contributed by atoms with Crippen LogP contribution < -0.4 is 0 Å². The van der Waals surface area contributed by atoms with Gasteiger partial charge < -0.3 is 0 Å². The van der Waals surface area contributed by atoms with Gasteiger partial charge in [-0.3, -0.25) is 5.10 Å². The summed E-state index contributed by atoms with van der Waals surface area (Å²) in [5.74, 6) is -0.550. The molecule has 2 aromatic heterocycles. The van der Waals surface area contributed by atoms with Crippen LogP contribution in [-0.2, 0) is 0 Å². The average molecular weight is 198 g/mol. The lowest BCUT2D eigenvalue weighted by Crippen LogP contribution is -1.86. The molecular formula is C8H5ClFN3. The zero-order valence-corrected chi connectivity index (χ0v) is 7.22. The molecule has 0 aliphatic rings. The highest BCUT2D eigenvalue weighted by atomic mass is 35.5. The summed E-state index contributed by atoms with van der Waals surface area (Å²) in [4.78, 5) is 3.49. The molecule has 0 amide bonds. The molecule has 2 heterocycles. The first kappa shape index (κ1) is 8.19. The van der Waals surface area contributed by atoms with Crippen molar-refractivity contribution in [3.63, 3.8) is 0 Å². The number of aromatic amines is 1. The summed E-state index contributed by atoms with van der Waals surface area (Å²) in [6, 6.07) is 1.51. The second kappa shape index (κ2) is 3.14. The van der Waals surface area contributed by atoms with E-state index in [9.17, 15) is 4.39 Å². The summed E-state index contributed by atoms with van der Waals surface area (Å²) in [5.41, 5.74) is 0.980. The van der Waals surface area contributed by atoms with Crippen molar-refractivity contribution >= 4 is 11.6 Å². The zero-order valence-electron chi connectivity index (χ0n) is 6.46. The second-order valence-corrected chi connectivity index (χ2v) is 2.92. The molecule has 0 unspecified atom stereocenters. The Labute approximate surface area is 78.6 Å². The zero-order chi connectivity index (χ0) is 9.26. The number of halogens is 2. The van der Waals surface area contributed by atoms with Crippen LogP contribution in [-0.4, -0.2) is 15.2 Å². The number of hydrogen-bond donors (Lipinski definition) is 1. The van der Waals surface area contributed by atoms with Gasteiger partial charge in [0.15, 0.2) is 0 Å². The molecule has 0 saturated carbocycles. The Kier molecular flexibility index (Phi) is 1.98. The van der Waals surface area contributed by atoms with Crippen LogP contribution in [0.3, 0.4) is 0 Å². The van der Waals surface area contributed by atoms with Gasteiger partial charge in [0.25, 0.3) is 0 Å². The quantitative estimate of drug-likeness (QED) is 0.713. The number of hydrogen-bond acceptors (Lipinski definition) is 2. The first-order chi connectivity index (χ1) is 6.27. The lowest BCUT2D eigenvalue weighted by molar-refractivity contribution is 0.587. The number of rotatable bonds is 1. The fourth-order valence-electron chi connectivity index (χ4n) is 1.02. The van der Waals surface area contributed by atoms with Gasteiger partial charge in [-0.2, -0.15) is 9.49 Å². The van der Waals surface area contributed by atoms with E-state index in [1.165, 1.54) is 18.5 Å². The largest absolute Gasteiger partial charge is 0.285 e.